The van der Waals surface area contributed by atoms with Gasteiger partial charge in [-0.15, -0.1) is 0 Å². The van der Waals surface area contributed by atoms with Gasteiger partial charge < -0.3 is 15.5 Å². The minimum atomic E-state index is -0.355. The minimum absolute atomic E-state index is 0.212. The third-order valence-electron chi connectivity index (χ3n) is 4.32. The number of halogens is 2. The Balaban J connectivity index is 1.57. The molecule has 148 valence electrons. The summed E-state index contributed by atoms with van der Waals surface area (Å²) in [7, 11) is 0. The number of rotatable bonds is 5. The fourth-order valence-electron chi connectivity index (χ4n) is 2.89. The molecule has 0 spiro atoms. The van der Waals surface area contributed by atoms with Crippen molar-refractivity contribution in [1.29, 1.82) is 0 Å². The molecule has 2 aromatic carbocycles. The minimum Gasteiger partial charge on any atom is -0.504 e. The van der Waals surface area contributed by atoms with E-state index >= 15 is 0 Å². The van der Waals surface area contributed by atoms with E-state index in [-0.39, 0.29) is 23.6 Å². The van der Waals surface area contributed by atoms with Crippen LogP contribution in [0.1, 0.15) is 11.1 Å². The number of aromatic amines is 1. The van der Waals surface area contributed by atoms with Crippen LogP contribution in [0.3, 0.4) is 0 Å². The van der Waals surface area contributed by atoms with Gasteiger partial charge in [-0.25, -0.2) is 4.98 Å². The monoisotopic (exact) mass is 431 g/mol. The van der Waals surface area contributed by atoms with Gasteiger partial charge >= 0.3 is 0 Å². The molecule has 2 aromatic heterocycles. The smallest absolute Gasteiger partial charge is 0.278 e. The van der Waals surface area contributed by atoms with Crippen LogP contribution >= 0.6 is 23.2 Å². The molecule has 0 atom stereocenters. The summed E-state index contributed by atoms with van der Waals surface area (Å²) in [6.07, 6.45) is 1.50. The summed E-state index contributed by atoms with van der Waals surface area (Å²) in [5.41, 5.74) is 1.93. The van der Waals surface area contributed by atoms with E-state index < -0.39 is 0 Å². The molecule has 0 bridgehead atoms. The highest BCUT2D eigenvalue weighted by Gasteiger charge is 2.12. The lowest BCUT2D eigenvalue weighted by molar-refractivity contribution is 0.403. The SMILES string of the molecule is O=c1[nH]c(NCc2ccc(Cl)c(Cl)c2)nc2cnn(Cc3ccc(O)c(O)c3)c12. The standard InChI is InChI=1S/C19H15Cl2N5O3/c20-12-3-1-10(5-13(12)21)7-22-19-24-14-8-23-26(17(14)18(29)25-19)9-11-2-4-15(27)16(28)6-11/h1-6,8,27-28H,7,9H2,(H2,22,24,25,29). The molecular formula is C19H15Cl2N5O3. The Morgan fingerprint density at radius 1 is 1.03 bits per heavy atom. The fourth-order valence-corrected chi connectivity index (χ4v) is 3.21. The Morgan fingerprint density at radius 3 is 2.59 bits per heavy atom. The van der Waals surface area contributed by atoms with Crippen molar-refractivity contribution in [3.05, 3.63) is 74.1 Å². The van der Waals surface area contributed by atoms with Crippen LogP contribution < -0.4 is 10.9 Å². The summed E-state index contributed by atoms with van der Waals surface area (Å²) in [6, 6.07) is 9.69. The summed E-state index contributed by atoms with van der Waals surface area (Å²) < 4.78 is 1.48. The van der Waals surface area contributed by atoms with E-state index in [2.05, 4.69) is 20.4 Å². The van der Waals surface area contributed by atoms with Crippen LogP contribution in [0.5, 0.6) is 11.5 Å². The molecule has 0 saturated heterocycles. The van der Waals surface area contributed by atoms with E-state index in [1.54, 1.807) is 18.2 Å². The number of fused-ring (bicyclic) bond motifs is 1. The number of anilines is 1. The average molecular weight is 432 g/mol. The average Bonchev–Trinajstić information content (AvgIpc) is 3.09. The molecule has 4 N–H and O–H groups in total. The van der Waals surface area contributed by atoms with Gasteiger partial charge in [0, 0.05) is 6.54 Å². The number of phenolic OH excluding ortho intramolecular Hbond substituents is 2. The molecule has 4 rings (SSSR count). The first-order chi connectivity index (χ1) is 13.9. The van der Waals surface area contributed by atoms with Crippen LogP contribution in [0.4, 0.5) is 5.95 Å². The molecule has 8 nitrogen and oxygen atoms in total. The maximum absolute atomic E-state index is 12.6. The topological polar surface area (TPSA) is 116 Å². The third kappa shape index (κ3) is 3.98. The van der Waals surface area contributed by atoms with Crippen LogP contribution in [0, 0.1) is 0 Å². The number of nitrogens with one attached hydrogen (secondary N) is 2. The number of hydrogen-bond acceptors (Lipinski definition) is 6. The summed E-state index contributed by atoms with van der Waals surface area (Å²) in [5, 5.41) is 27.2. The number of benzene rings is 2. The molecule has 2 heterocycles. The van der Waals surface area contributed by atoms with Crippen molar-refractivity contribution < 1.29 is 10.2 Å². The largest absolute Gasteiger partial charge is 0.504 e. The van der Waals surface area contributed by atoms with Gasteiger partial charge in [-0.05, 0) is 35.4 Å². The van der Waals surface area contributed by atoms with E-state index in [9.17, 15) is 15.0 Å². The van der Waals surface area contributed by atoms with Crippen LogP contribution in [-0.4, -0.2) is 30.0 Å². The fraction of sp³-hybridized carbons (Fsp3) is 0.105. The number of H-pyrrole nitrogens is 1. The Hall–Kier alpha value is -3.23. The lowest BCUT2D eigenvalue weighted by Crippen LogP contribution is -2.16. The van der Waals surface area contributed by atoms with Gasteiger partial charge in [0.2, 0.25) is 5.95 Å². The maximum Gasteiger partial charge on any atom is 0.278 e. The molecular weight excluding hydrogens is 417 g/mol. The molecule has 0 fully saturated rings. The maximum atomic E-state index is 12.6. The van der Waals surface area contributed by atoms with Gasteiger partial charge in [-0.1, -0.05) is 35.3 Å². The molecule has 0 aliphatic rings. The lowest BCUT2D eigenvalue weighted by atomic mass is 10.2. The molecule has 0 amide bonds. The van der Waals surface area contributed by atoms with E-state index in [0.29, 0.717) is 39.1 Å². The molecule has 0 aliphatic carbocycles. The summed E-state index contributed by atoms with van der Waals surface area (Å²) in [6.45, 7) is 0.629. The Morgan fingerprint density at radius 2 is 1.83 bits per heavy atom. The number of hydrogen-bond donors (Lipinski definition) is 4. The van der Waals surface area contributed by atoms with Crippen LogP contribution in [0.25, 0.3) is 11.0 Å². The number of phenols is 2. The highest BCUT2D eigenvalue weighted by molar-refractivity contribution is 6.42. The summed E-state index contributed by atoms with van der Waals surface area (Å²) in [4.78, 5) is 19.7. The zero-order valence-corrected chi connectivity index (χ0v) is 16.4. The summed E-state index contributed by atoms with van der Waals surface area (Å²) in [5.74, 6) is -0.147. The highest BCUT2D eigenvalue weighted by atomic mass is 35.5. The molecule has 29 heavy (non-hydrogen) atoms. The zero-order valence-electron chi connectivity index (χ0n) is 14.9. The van der Waals surface area contributed by atoms with E-state index in [0.717, 1.165) is 5.56 Å². The first-order valence-electron chi connectivity index (χ1n) is 8.55. The van der Waals surface area contributed by atoms with Crippen molar-refractivity contribution in [1.82, 2.24) is 19.7 Å². The van der Waals surface area contributed by atoms with Crippen LogP contribution in [0.15, 0.2) is 47.4 Å². The van der Waals surface area contributed by atoms with Gasteiger partial charge in [0.05, 0.1) is 22.8 Å². The van der Waals surface area contributed by atoms with Gasteiger partial charge in [0.25, 0.3) is 5.56 Å². The molecule has 0 radical (unpaired) electrons. The summed E-state index contributed by atoms with van der Waals surface area (Å²) >= 11 is 11.9. The number of aromatic nitrogens is 4. The molecule has 10 heteroatoms. The van der Waals surface area contributed by atoms with E-state index in [4.69, 9.17) is 23.2 Å². The first kappa shape index (κ1) is 19.1. The number of aromatic hydroxyl groups is 2. The van der Waals surface area contributed by atoms with Gasteiger partial charge in [0.1, 0.15) is 5.52 Å². The van der Waals surface area contributed by atoms with Crippen LogP contribution in [0.2, 0.25) is 10.0 Å². The van der Waals surface area contributed by atoms with E-state index in [1.807, 2.05) is 6.07 Å². The lowest BCUT2D eigenvalue weighted by Gasteiger charge is -2.08. The predicted molar refractivity (Wildman–Crippen MR) is 111 cm³/mol. The van der Waals surface area contributed by atoms with Crippen molar-refractivity contribution in [3.8, 4) is 11.5 Å². The Bertz CT molecular complexity index is 1270. The second kappa shape index (κ2) is 7.65. The van der Waals surface area contributed by atoms with Gasteiger partial charge in [-0.2, -0.15) is 5.10 Å². The third-order valence-corrected chi connectivity index (χ3v) is 5.05. The number of nitrogens with zero attached hydrogens (tertiary/aromatic N) is 3. The van der Waals surface area contributed by atoms with Gasteiger partial charge in [0.15, 0.2) is 17.0 Å². The van der Waals surface area contributed by atoms with Crippen molar-refractivity contribution in [2.45, 2.75) is 13.1 Å². The predicted octanol–water partition coefficient (Wildman–Crippen LogP) is 3.50. The van der Waals surface area contributed by atoms with Crippen molar-refractivity contribution >= 4 is 40.2 Å². The van der Waals surface area contributed by atoms with Crippen LogP contribution in [-0.2, 0) is 13.1 Å². The van der Waals surface area contributed by atoms with E-state index in [1.165, 1.54) is 23.0 Å². The molecule has 4 aromatic rings. The molecule has 0 aliphatic heterocycles. The molecule has 0 saturated carbocycles. The second-order valence-electron chi connectivity index (χ2n) is 6.38. The second-order valence-corrected chi connectivity index (χ2v) is 7.19. The first-order valence-corrected chi connectivity index (χ1v) is 9.31. The van der Waals surface area contributed by atoms with Crippen molar-refractivity contribution in [3.63, 3.8) is 0 Å². The Kier molecular flexibility index (Phi) is 5.04. The quantitative estimate of drug-likeness (QED) is 0.359. The molecule has 0 unspecified atom stereocenters. The zero-order chi connectivity index (χ0) is 20.5. The Labute approximate surface area is 174 Å². The highest BCUT2D eigenvalue weighted by Crippen LogP contribution is 2.25. The van der Waals surface area contributed by atoms with Crippen molar-refractivity contribution in [2.75, 3.05) is 5.32 Å². The normalized spacial score (nSPS) is 11.1. The van der Waals surface area contributed by atoms with Gasteiger partial charge in [-0.3, -0.25) is 14.5 Å². The van der Waals surface area contributed by atoms with Crippen molar-refractivity contribution in [2.24, 2.45) is 0 Å².